The van der Waals surface area contributed by atoms with Gasteiger partial charge in [-0.05, 0) is 18.9 Å². The number of benzene rings is 1. The van der Waals surface area contributed by atoms with Crippen molar-refractivity contribution in [2.45, 2.75) is 24.6 Å². The molecule has 1 aromatic carbocycles. The number of Topliss-reactive ketones (excluding diaryl/α,β-unsaturated/α-hetero) is 1. The van der Waals surface area contributed by atoms with E-state index in [2.05, 4.69) is 15.9 Å². The third-order valence-electron chi connectivity index (χ3n) is 3.35. The number of halogens is 1. The molecule has 0 aliphatic heterocycles. The van der Waals surface area contributed by atoms with E-state index >= 15 is 0 Å². The second kappa shape index (κ2) is 5.74. The molecule has 0 fully saturated rings. The molecule has 4 nitrogen and oxygen atoms in total. The summed E-state index contributed by atoms with van der Waals surface area (Å²) in [6.07, 6.45) is 1.11. The number of ether oxygens (including phenoxy) is 1. The number of ketones is 1. The number of rotatable bonds is 5. The van der Waals surface area contributed by atoms with Crippen LogP contribution in [0.3, 0.4) is 0 Å². The van der Waals surface area contributed by atoms with E-state index in [1.165, 1.54) is 0 Å². The van der Waals surface area contributed by atoms with Crippen LogP contribution in [0.15, 0.2) is 18.2 Å². The molecule has 0 heterocycles. The normalized spacial score (nSPS) is 19.1. The predicted molar refractivity (Wildman–Crippen MR) is 74.1 cm³/mol. The fourth-order valence-electron chi connectivity index (χ4n) is 2.14. The zero-order valence-electron chi connectivity index (χ0n) is 10.6. The molecule has 0 saturated carbocycles. The standard InChI is InChI=1S/C14H15BrO4/c1-2-8(14(17)18)7-19-12-5-3-4-9-10(12)6-11(15)13(9)16/h3-5,8,11H,2,6-7H2,1H3,(H,17,18). The Bertz CT molecular complexity index is 512. The molecule has 1 aliphatic carbocycles. The number of carboxylic acids is 1. The van der Waals surface area contributed by atoms with Crippen molar-refractivity contribution in [2.75, 3.05) is 6.61 Å². The number of hydrogen-bond acceptors (Lipinski definition) is 3. The quantitative estimate of drug-likeness (QED) is 0.845. The highest BCUT2D eigenvalue weighted by Gasteiger charge is 2.31. The van der Waals surface area contributed by atoms with Crippen LogP contribution in [-0.2, 0) is 11.2 Å². The molecule has 0 saturated heterocycles. The highest BCUT2D eigenvalue weighted by molar-refractivity contribution is 9.10. The highest BCUT2D eigenvalue weighted by Crippen LogP contribution is 2.33. The Hall–Kier alpha value is -1.36. The first kappa shape index (κ1) is 14.1. The van der Waals surface area contributed by atoms with Crippen molar-refractivity contribution in [3.63, 3.8) is 0 Å². The van der Waals surface area contributed by atoms with E-state index in [0.717, 1.165) is 5.56 Å². The van der Waals surface area contributed by atoms with Gasteiger partial charge >= 0.3 is 5.97 Å². The zero-order valence-corrected chi connectivity index (χ0v) is 12.1. The Labute approximate surface area is 119 Å². The molecule has 0 aromatic heterocycles. The van der Waals surface area contributed by atoms with Crippen LogP contribution in [0.5, 0.6) is 5.75 Å². The Morgan fingerprint density at radius 2 is 2.32 bits per heavy atom. The smallest absolute Gasteiger partial charge is 0.309 e. The minimum atomic E-state index is -0.857. The number of carbonyl (C=O) groups is 2. The maximum absolute atomic E-state index is 11.9. The van der Waals surface area contributed by atoms with Gasteiger partial charge in [-0.3, -0.25) is 9.59 Å². The van der Waals surface area contributed by atoms with Crippen LogP contribution < -0.4 is 4.74 Å². The van der Waals surface area contributed by atoms with Crippen molar-refractivity contribution in [3.05, 3.63) is 29.3 Å². The van der Waals surface area contributed by atoms with Crippen LogP contribution >= 0.6 is 15.9 Å². The van der Waals surface area contributed by atoms with Gasteiger partial charge in [0, 0.05) is 11.1 Å². The minimum Gasteiger partial charge on any atom is -0.492 e. The molecule has 1 N–H and O–H groups in total. The molecule has 0 bridgehead atoms. The summed E-state index contributed by atoms with van der Waals surface area (Å²) >= 11 is 3.34. The molecule has 0 amide bonds. The lowest BCUT2D eigenvalue weighted by Crippen LogP contribution is -2.20. The van der Waals surface area contributed by atoms with Gasteiger partial charge in [0.2, 0.25) is 0 Å². The SMILES string of the molecule is CCC(COc1cccc2c1CC(Br)C2=O)C(=O)O. The highest BCUT2D eigenvalue weighted by atomic mass is 79.9. The maximum Gasteiger partial charge on any atom is 0.309 e. The van der Waals surface area contributed by atoms with E-state index in [0.29, 0.717) is 24.2 Å². The van der Waals surface area contributed by atoms with Crippen molar-refractivity contribution in [2.24, 2.45) is 5.92 Å². The lowest BCUT2D eigenvalue weighted by molar-refractivity contribution is -0.142. The molecule has 2 rings (SSSR count). The molecule has 0 spiro atoms. The van der Waals surface area contributed by atoms with Gasteiger partial charge in [-0.15, -0.1) is 0 Å². The van der Waals surface area contributed by atoms with E-state index in [1.807, 2.05) is 6.92 Å². The molecule has 1 aromatic rings. The van der Waals surface area contributed by atoms with E-state index in [1.54, 1.807) is 18.2 Å². The van der Waals surface area contributed by atoms with E-state index in [-0.39, 0.29) is 17.2 Å². The first-order valence-electron chi connectivity index (χ1n) is 6.20. The molecule has 1 aliphatic rings. The summed E-state index contributed by atoms with van der Waals surface area (Å²) in [5.41, 5.74) is 1.54. The average Bonchev–Trinajstić information content (AvgIpc) is 2.67. The second-order valence-corrected chi connectivity index (χ2v) is 5.68. The summed E-state index contributed by atoms with van der Waals surface area (Å²) in [4.78, 5) is 22.6. The number of aliphatic carboxylic acids is 1. The van der Waals surface area contributed by atoms with Gasteiger partial charge in [0.1, 0.15) is 12.4 Å². The number of hydrogen-bond donors (Lipinski definition) is 1. The minimum absolute atomic E-state index is 0.0609. The lowest BCUT2D eigenvalue weighted by atomic mass is 10.1. The van der Waals surface area contributed by atoms with Crippen LogP contribution in [-0.4, -0.2) is 28.3 Å². The summed E-state index contributed by atoms with van der Waals surface area (Å²) in [6.45, 7) is 1.94. The fourth-order valence-corrected chi connectivity index (χ4v) is 2.71. The van der Waals surface area contributed by atoms with E-state index < -0.39 is 11.9 Å². The lowest BCUT2D eigenvalue weighted by Gasteiger charge is -2.14. The zero-order chi connectivity index (χ0) is 14.0. The Kier molecular flexibility index (Phi) is 4.24. The number of carbonyl (C=O) groups excluding carboxylic acids is 1. The van der Waals surface area contributed by atoms with Crippen LogP contribution in [0.2, 0.25) is 0 Å². The third-order valence-corrected chi connectivity index (χ3v) is 4.09. The van der Waals surface area contributed by atoms with Crippen LogP contribution in [0, 0.1) is 5.92 Å². The topological polar surface area (TPSA) is 63.6 Å². The summed E-state index contributed by atoms with van der Waals surface area (Å²) in [5.74, 6) is -0.699. The average molecular weight is 327 g/mol. The molecule has 19 heavy (non-hydrogen) atoms. The van der Waals surface area contributed by atoms with Gasteiger partial charge in [0.15, 0.2) is 5.78 Å². The number of carboxylic acid groups (broad SMARTS) is 1. The van der Waals surface area contributed by atoms with Crippen molar-refractivity contribution >= 4 is 27.7 Å². The summed E-state index contributed by atoms with van der Waals surface area (Å²) in [7, 11) is 0. The fraction of sp³-hybridized carbons (Fsp3) is 0.429. The van der Waals surface area contributed by atoms with Gasteiger partial charge < -0.3 is 9.84 Å². The first-order valence-corrected chi connectivity index (χ1v) is 7.12. The monoisotopic (exact) mass is 326 g/mol. The van der Waals surface area contributed by atoms with Crippen LogP contribution in [0.25, 0.3) is 0 Å². The van der Waals surface area contributed by atoms with Gasteiger partial charge in [0.25, 0.3) is 0 Å². The van der Waals surface area contributed by atoms with Gasteiger partial charge in [-0.2, -0.15) is 0 Å². The van der Waals surface area contributed by atoms with Crippen molar-refractivity contribution in [3.8, 4) is 5.75 Å². The second-order valence-electron chi connectivity index (χ2n) is 4.57. The maximum atomic E-state index is 11.9. The predicted octanol–water partition coefficient (Wildman–Crippen LogP) is 2.68. The Balaban J connectivity index is 2.15. The van der Waals surface area contributed by atoms with Crippen molar-refractivity contribution < 1.29 is 19.4 Å². The Morgan fingerprint density at radius 1 is 1.58 bits per heavy atom. The first-order chi connectivity index (χ1) is 9.04. The molecule has 2 atom stereocenters. The third kappa shape index (κ3) is 2.81. The molecular weight excluding hydrogens is 312 g/mol. The summed E-state index contributed by atoms with van der Waals surface area (Å²) in [6, 6.07) is 5.32. The largest absolute Gasteiger partial charge is 0.492 e. The van der Waals surface area contributed by atoms with Gasteiger partial charge in [0.05, 0.1) is 10.7 Å². The molecule has 5 heteroatoms. The number of alkyl halides is 1. The van der Waals surface area contributed by atoms with Crippen LogP contribution in [0.1, 0.15) is 29.3 Å². The number of fused-ring (bicyclic) bond motifs is 1. The summed E-state index contributed by atoms with van der Waals surface area (Å²) in [5, 5.41) is 8.99. The summed E-state index contributed by atoms with van der Waals surface area (Å²) < 4.78 is 5.61. The molecule has 2 unspecified atom stereocenters. The van der Waals surface area contributed by atoms with Crippen LogP contribution in [0.4, 0.5) is 0 Å². The molecular formula is C14H15BrO4. The Morgan fingerprint density at radius 3 is 2.95 bits per heavy atom. The van der Waals surface area contributed by atoms with E-state index in [4.69, 9.17) is 9.84 Å². The molecule has 0 radical (unpaired) electrons. The van der Waals surface area contributed by atoms with Gasteiger partial charge in [-0.1, -0.05) is 35.0 Å². The van der Waals surface area contributed by atoms with Crippen molar-refractivity contribution in [1.29, 1.82) is 0 Å². The van der Waals surface area contributed by atoms with E-state index in [9.17, 15) is 9.59 Å². The molecule has 102 valence electrons. The van der Waals surface area contributed by atoms with Gasteiger partial charge in [-0.25, -0.2) is 0 Å². The van der Waals surface area contributed by atoms with Crippen molar-refractivity contribution in [1.82, 2.24) is 0 Å².